The van der Waals surface area contributed by atoms with E-state index in [4.69, 9.17) is 5.11 Å². The Morgan fingerprint density at radius 2 is 2.19 bits per heavy atom. The molecule has 0 aliphatic carbocycles. The molecule has 6 heteroatoms. The molecule has 0 aliphatic heterocycles. The van der Waals surface area contributed by atoms with Crippen molar-refractivity contribution in [3.8, 4) is 0 Å². The van der Waals surface area contributed by atoms with Crippen LogP contribution in [0.15, 0.2) is 47.3 Å². The summed E-state index contributed by atoms with van der Waals surface area (Å²) in [7, 11) is 0. The average molecular weight is 347 g/mol. The van der Waals surface area contributed by atoms with Crippen molar-refractivity contribution in [2.75, 3.05) is 11.9 Å². The van der Waals surface area contributed by atoms with Gasteiger partial charge in [0.15, 0.2) is 0 Å². The van der Waals surface area contributed by atoms with Gasteiger partial charge < -0.3 is 10.4 Å². The number of anilines is 1. The number of para-hydroxylation sites is 1. The van der Waals surface area contributed by atoms with Gasteiger partial charge in [-0.15, -0.1) is 0 Å². The van der Waals surface area contributed by atoms with Crippen LogP contribution in [0.1, 0.15) is 5.56 Å². The van der Waals surface area contributed by atoms with Gasteiger partial charge in [0.25, 0.3) is 0 Å². The summed E-state index contributed by atoms with van der Waals surface area (Å²) in [5.74, 6) is 0. The lowest BCUT2D eigenvalue weighted by Crippen LogP contribution is -2.02. The Morgan fingerprint density at radius 1 is 1.29 bits per heavy atom. The monoisotopic (exact) mass is 346 g/mol. The zero-order valence-corrected chi connectivity index (χ0v) is 12.9. The third-order valence-electron chi connectivity index (χ3n) is 3.18. The SMILES string of the molecule is OCCn1cc(CNc2cccc3cc(Br)cnc23)cn1. The fraction of sp³-hybridized carbons (Fsp3) is 0.200. The van der Waals surface area contributed by atoms with Crippen LogP contribution in [0.2, 0.25) is 0 Å². The van der Waals surface area contributed by atoms with E-state index in [0.29, 0.717) is 13.1 Å². The maximum absolute atomic E-state index is 8.89. The smallest absolute Gasteiger partial charge is 0.0934 e. The second-order valence-electron chi connectivity index (χ2n) is 4.72. The number of aliphatic hydroxyl groups excluding tert-OH is 1. The summed E-state index contributed by atoms with van der Waals surface area (Å²) in [6.45, 7) is 1.28. The molecule has 0 unspecified atom stereocenters. The second-order valence-corrected chi connectivity index (χ2v) is 5.64. The number of rotatable bonds is 5. The van der Waals surface area contributed by atoms with Crippen LogP contribution >= 0.6 is 15.9 Å². The maximum atomic E-state index is 8.89. The number of halogens is 1. The van der Waals surface area contributed by atoms with Crippen LogP contribution in [0.3, 0.4) is 0 Å². The Morgan fingerprint density at radius 3 is 3.05 bits per heavy atom. The fourth-order valence-corrected chi connectivity index (χ4v) is 2.55. The first-order valence-corrected chi connectivity index (χ1v) is 7.46. The molecule has 108 valence electrons. The van der Waals surface area contributed by atoms with Crippen LogP contribution in [0, 0.1) is 0 Å². The van der Waals surface area contributed by atoms with Gasteiger partial charge >= 0.3 is 0 Å². The maximum Gasteiger partial charge on any atom is 0.0934 e. The highest BCUT2D eigenvalue weighted by atomic mass is 79.9. The number of hydrogen-bond donors (Lipinski definition) is 2. The molecule has 0 atom stereocenters. The number of benzene rings is 1. The zero-order valence-electron chi connectivity index (χ0n) is 11.3. The van der Waals surface area contributed by atoms with Crippen molar-refractivity contribution < 1.29 is 5.11 Å². The lowest BCUT2D eigenvalue weighted by Gasteiger charge is -2.08. The van der Waals surface area contributed by atoms with Crippen molar-refractivity contribution in [2.24, 2.45) is 0 Å². The normalized spacial score (nSPS) is 11.0. The van der Waals surface area contributed by atoms with Crippen molar-refractivity contribution in [1.29, 1.82) is 0 Å². The van der Waals surface area contributed by atoms with Crippen molar-refractivity contribution >= 4 is 32.5 Å². The summed E-state index contributed by atoms with van der Waals surface area (Å²) in [6, 6.07) is 8.11. The standard InChI is InChI=1S/C15H15BrN4O/c16-13-6-12-2-1-3-14(15(12)18-9-13)17-7-11-8-19-20(10-11)4-5-21/h1-3,6,8-10,17,21H,4-5,7H2. The Labute approximate surface area is 130 Å². The lowest BCUT2D eigenvalue weighted by atomic mass is 10.2. The van der Waals surface area contributed by atoms with Crippen LogP contribution in [0.25, 0.3) is 10.9 Å². The zero-order chi connectivity index (χ0) is 14.7. The van der Waals surface area contributed by atoms with Gasteiger partial charge in [-0.25, -0.2) is 0 Å². The first-order chi connectivity index (χ1) is 10.3. The number of aromatic nitrogens is 3. The summed E-state index contributed by atoms with van der Waals surface area (Å²) in [5, 5.41) is 17.5. The number of aliphatic hydroxyl groups is 1. The van der Waals surface area contributed by atoms with Gasteiger partial charge in [0.2, 0.25) is 0 Å². The first kappa shape index (κ1) is 14.0. The number of fused-ring (bicyclic) bond motifs is 1. The Kier molecular flexibility index (Phi) is 4.17. The minimum Gasteiger partial charge on any atom is -0.394 e. The highest BCUT2D eigenvalue weighted by molar-refractivity contribution is 9.10. The van der Waals surface area contributed by atoms with E-state index in [-0.39, 0.29) is 6.61 Å². The van der Waals surface area contributed by atoms with Crippen LogP contribution in [0.5, 0.6) is 0 Å². The van der Waals surface area contributed by atoms with Gasteiger partial charge in [0.05, 0.1) is 30.6 Å². The second kappa shape index (κ2) is 6.24. The fourth-order valence-electron chi connectivity index (χ4n) is 2.20. The van der Waals surface area contributed by atoms with Gasteiger partial charge in [0.1, 0.15) is 0 Å². The molecule has 2 N–H and O–H groups in total. The van der Waals surface area contributed by atoms with E-state index >= 15 is 0 Å². The molecule has 5 nitrogen and oxygen atoms in total. The van der Waals surface area contributed by atoms with Gasteiger partial charge in [0, 0.05) is 34.4 Å². The largest absolute Gasteiger partial charge is 0.394 e. The van der Waals surface area contributed by atoms with Crippen LogP contribution < -0.4 is 5.32 Å². The lowest BCUT2D eigenvalue weighted by molar-refractivity contribution is 0.269. The topological polar surface area (TPSA) is 63.0 Å². The van der Waals surface area contributed by atoms with Crippen LogP contribution in [-0.4, -0.2) is 26.5 Å². The molecule has 0 saturated heterocycles. The van der Waals surface area contributed by atoms with Crippen molar-refractivity contribution in [3.63, 3.8) is 0 Å². The summed E-state index contributed by atoms with van der Waals surface area (Å²) >= 11 is 3.44. The highest BCUT2D eigenvalue weighted by Gasteiger charge is 2.04. The minimum absolute atomic E-state index is 0.0939. The number of hydrogen-bond acceptors (Lipinski definition) is 4. The Hall–Kier alpha value is -1.92. The highest BCUT2D eigenvalue weighted by Crippen LogP contribution is 2.24. The van der Waals surface area contributed by atoms with E-state index in [2.05, 4.69) is 31.3 Å². The van der Waals surface area contributed by atoms with Gasteiger partial charge in [-0.3, -0.25) is 9.67 Å². The summed E-state index contributed by atoms with van der Waals surface area (Å²) in [6.07, 6.45) is 5.53. The third-order valence-corrected chi connectivity index (χ3v) is 3.61. The molecule has 0 amide bonds. The summed E-state index contributed by atoms with van der Waals surface area (Å²) in [4.78, 5) is 4.46. The van der Waals surface area contributed by atoms with E-state index in [1.807, 2.05) is 30.5 Å². The molecule has 1 aromatic carbocycles. The molecule has 0 aliphatic rings. The van der Waals surface area contributed by atoms with Crippen molar-refractivity contribution in [3.05, 3.63) is 52.9 Å². The third kappa shape index (κ3) is 3.22. The number of nitrogens with one attached hydrogen (secondary N) is 1. The number of pyridine rings is 1. The molecule has 21 heavy (non-hydrogen) atoms. The predicted molar refractivity (Wildman–Crippen MR) is 86.1 cm³/mol. The van der Waals surface area contributed by atoms with E-state index in [9.17, 15) is 0 Å². The summed E-state index contributed by atoms with van der Waals surface area (Å²) < 4.78 is 2.70. The van der Waals surface area contributed by atoms with Crippen molar-refractivity contribution in [2.45, 2.75) is 13.1 Å². The molecule has 0 saturated carbocycles. The minimum atomic E-state index is 0.0939. The summed E-state index contributed by atoms with van der Waals surface area (Å²) in [5.41, 5.74) is 3.01. The van der Waals surface area contributed by atoms with Gasteiger partial charge in [-0.05, 0) is 28.1 Å². The van der Waals surface area contributed by atoms with Gasteiger partial charge in [-0.1, -0.05) is 12.1 Å². The van der Waals surface area contributed by atoms with E-state index in [1.165, 1.54) is 0 Å². The Bertz CT molecular complexity index is 756. The Balaban J connectivity index is 1.78. The molecule has 3 aromatic rings. The van der Waals surface area contributed by atoms with Crippen molar-refractivity contribution in [1.82, 2.24) is 14.8 Å². The van der Waals surface area contributed by atoms with E-state index in [1.54, 1.807) is 17.1 Å². The predicted octanol–water partition coefficient (Wildman–Crippen LogP) is 2.80. The molecule has 0 radical (unpaired) electrons. The van der Waals surface area contributed by atoms with Crippen LogP contribution in [-0.2, 0) is 13.1 Å². The molecule has 2 heterocycles. The van der Waals surface area contributed by atoms with Crippen LogP contribution in [0.4, 0.5) is 5.69 Å². The molecule has 0 spiro atoms. The molecule has 0 fully saturated rings. The van der Waals surface area contributed by atoms with E-state index < -0.39 is 0 Å². The first-order valence-electron chi connectivity index (χ1n) is 6.66. The van der Waals surface area contributed by atoms with E-state index in [0.717, 1.165) is 26.6 Å². The molecule has 3 rings (SSSR count). The number of nitrogens with zero attached hydrogens (tertiary/aromatic N) is 3. The molecular formula is C15H15BrN4O. The average Bonchev–Trinajstić information content (AvgIpc) is 2.93. The molecule has 2 aromatic heterocycles. The molecular weight excluding hydrogens is 332 g/mol. The quantitative estimate of drug-likeness (QED) is 0.745. The van der Waals surface area contributed by atoms with Gasteiger partial charge in [-0.2, -0.15) is 5.10 Å². The molecule has 0 bridgehead atoms.